The molecule has 0 spiro atoms. The third kappa shape index (κ3) is 1.72. The largest absolute Gasteiger partial charge is 0.330 e. The summed E-state index contributed by atoms with van der Waals surface area (Å²) in [4.78, 5) is 0. The van der Waals surface area contributed by atoms with Crippen molar-refractivity contribution in [2.75, 3.05) is 6.54 Å². The van der Waals surface area contributed by atoms with E-state index in [9.17, 15) is 8.78 Å². The van der Waals surface area contributed by atoms with Crippen molar-refractivity contribution >= 4 is 11.6 Å². The van der Waals surface area contributed by atoms with Crippen molar-refractivity contribution < 1.29 is 8.78 Å². The molecule has 0 atom stereocenters. The highest BCUT2D eigenvalue weighted by Gasteiger charge is 2.38. The Labute approximate surface area is 98.6 Å². The van der Waals surface area contributed by atoms with E-state index in [-0.39, 0.29) is 10.6 Å². The first-order chi connectivity index (χ1) is 7.60. The van der Waals surface area contributed by atoms with Gasteiger partial charge in [-0.15, -0.1) is 0 Å². The molecule has 1 saturated carbocycles. The molecule has 2 rings (SSSR count). The van der Waals surface area contributed by atoms with Crippen molar-refractivity contribution in [1.82, 2.24) is 0 Å². The lowest BCUT2D eigenvalue weighted by molar-refractivity contribution is 0.423. The molecule has 0 aromatic heterocycles. The van der Waals surface area contributed by atoms with E-state index in [1.165, 1.54) is 0 Å². The van der Waals surface area contributed by atoms with Crippen LogP contribution in [0.5, 0.6) is 0 Å². The summed E-state index contributed by atoms with van der Waals surface area (Å²) >= 11 is 5.88. The summed E-state index contributed by atoms with van der Waals surface area (Å²) in [6.07, 6.45) is 3.54. The molecule has 1 aromatic rings. The van der Waals surface area contributed by atoms with Gasteiger partial charge in [-0.25, -0.2) is 8.78 Å². The van der Waals surface area contributed by atoms with Crippen molar-refractivity contribution in [3.8, 4) is 0 Å². The van der Waals surface area contributed by atoms with Crippen LogP contribution in [0.2, 0.25) is 5.02 Å². The first kappa shape index (κ1) is 11.8. The molecule has 16 heavy (non-hydrogen) atoms. The van der Waals surface area contributed by atoms with Gasteiger partial charge in [-0.1, -0.05) is 24.4 Å². The lowest BCUT2D eigenvalue weighted by Crippen LogP contribution is -2.33. The molecular weight excluding hydrogens is 232 g/mol. The van der Waals surface area contributed by atoms with E-state index < -0.39 is 17.0 Å². The molecule has 88 valence electrons. The van der Waals surface area contributed by atoms with E-state index in [2.05, 4.69) is 0 Å². The average molecular weight is 246 g/mol. The monoisotopic (exact) mass is 245 g/mol. The predicted molar refractivity (Wildman–Crippen MR) is 60.6 cm³/mol. The highest BCUT2D eigenvalue weighted by atomic mass is 35.5. The molecule has 0 heterocycles. The minimum Gasteiger partial charge on any atom is -0.330 e. The van der Waals surface area contributed by atoms with Gasteiger partial charge in [0.25, 0.3) is 0 Å². The van der Waals surface area contributed by atoms with Crippen LogP contribution in [0, 0.1) is 11.6 Å². The van der Waals surface area contributed by atoms with E-state index >= 15 is 0 Å². The molecule has 0 unspecified atom stereocenters. The molecule has 0 radical (unpaired) electrons. The summed E-state index contributed by atoms with van der Waals surface area (Å²) < 4.78 is 27.2. The van der Waals surface area contributed by atoms with Gasteiger partial charge in [0.1, 0.15) is 11.6 Å². The Bertz CT molecular complexity index is 400. The first-order valence-electron chi connectivity index (χ1n) is 5.45. The zero-order valence-corrected chi connectivity index (χ0v) is 9.66. The fraction of sp³-hybridized carbons (Fsp3) is 0.500. The summed E-state index contributed by atoms with van der Waals surface area (Å²) in [5.41, 5.74) is 5.54. The molecule has 1 aliphatic carbocycles. The summed E-state index contributed by atoms with van der Waals surface area (Å²) in [6, 6.07) is 2.19. The van der Waals surface area contributed by atoms with Gasteiger partial charge in [-0.3, -0.25) is 0 Å². The zero-order chi connectivity index (χ0) is 11.8. The predicted octanol–water partition coefficient (Wildman–Crippen LogP) is 3.39. The lowest BCUT2D eigenvalue weighted by atomic mass is 9.78. The van der Waals surface area contributed by atoms with Crippen LogP contribution in [0.1, 0.15) is 31.2 Å². The fourth-order valence-corrected chi connectivity index (χ4v) is 2.97. The maximum Gasteiger partial charge on any atom is 0.142 e. The van der Waals surface area contributed by atoms with Gasteiger partial charge in [0.05, 0.1) is 5.02 Å². The Kier molecular flexibility index (Phi) is 3.17. The number of rotatable bonds is 2. The maximum absolute atomic E-state index is 13.8. The summed E-state index contributed by atoms with van der Waals surface area (Å²) in [5, 5.41) is -0.104. The second-order valence-electron chi connectivity index (χ2n) is 4.41. The van der Waals surface area contributed by atoms with Gasteiger partial charge in [-0.2, -0.15) is 0 Å². The molecule has 1 fully saturated rings. The number of halogens is 3. The number of hydrogen-bond acceptors (Lipinski definition) is 1. The van der Waals surface area contributed by atoms with Gasteiger partial charge in [-0.05, 0) is 25.0 Å². The Morgan fingerprint density at radius 2 is 1.75 bits per heavy atom. The quantitative estimate of drug-likeness (QED) is 0.795. The molecular formula is C12H14ClF2N. The van der Waals surface area contributed by atoms with Crippen LogP contribution >= 0.6 is 11.6 Å². The number of hydrogen-bond donors (Lipinski definition) is 1. The third-order valence-electron chi connectivity index (χ3n) is 3.53. The molecule has 1 nitrogen and oxygen atoms in total. The highest BCUT2D eigenvalue weighted by Crippen LogP contribution is 2.44. The summed E-state index contributed by atoms with van der Waals surface area (Å²) in [7, 11) is 0. The highest BCUT2D eigenvalue weighted by molar-refractivity contribution is 6.31. The molecule has 2 N–H and O–H groups in total. The Balaban J connectivity index is 2.57. The van der Waals surface area contributed by atoms with Crippen LogP contribution in [0.3, 0.4) is 0 Å². The molecule has 0 saturated heterocycles. The van der Waals surface area contributed by atoms with E-state index in [1.54, 1.807) is 0 Å². The molecule has 0 aliphatic heterocycles. The zero-order valence-electron chi connectivity index (χ0n) is 8.90. The van der Waals surface area contributed by atoms with Crippen molar-refractivity contribution in [2.24, 2.45) is 5.73 Å². The van der Waals surface area contributed by atoms with Crippen LogP contribution in [-0.4, -0.2) is 6.54 Å². The fourth-order valence-electron chi connectivity index (χ4n) is 2.62. The van der Waals surface area contributed by atoms with E-state index in [1.807, 2.05) is 0 Å². The molecule has 4 heteroatoms. The molecule has 0 bridgehead atoms. The molecule has 1 aromatic carbocycles. The Morgan fingerprint density at radius 1 is 1.19 bits per heavy atom. The van der Waals surface area contributed by atoms with Crippen molar-refractivity contribution in [3.63, 3.8) is 0 Å². The lowest BCUT2D eigenvalue weighted by Gasteiger charge is -2.29. The number of benzene rings is 1. The minimum atomic E-state index is -0.571. The Hall–Kier alpha value is -0.670. The normalized spacial score (nSPS) is 19.0. The van der Waals surface area contributed by atoms with Crippen LogP contribution in [0.15, 0.2) is 12.1 Å². The van der Waals surface area contributed by atoms with Crippen LogP contribution in [0.4, 0.5) is 8.78 Å². The smallest absolute Gasteiger partial charge is 0.142 e. The van der Waals surface area contributed by atoms with Crippen molar-refractivity contribution in [3.05, 3.63) is 34.4 Å². The second-order valence-corrected chi connectivity index (χ2v) is 4.79. The standard InChI is InChI=1S/C12H14ClF2N/c13-11-9(15)4-3-8(14)10(11)12(7-16)5-1-2-6-12/h3-4H,1-2,5-7,16H2. The molecule has 1 aliphatic rings. The van der Waals surface area contributed by atoms with Crippen LogP contribution in [0.25, 0.3) is 0 Å². The third-order valence-corrected chi connectivity index (χ3v) is 3.90. The van der Waals surface area contributed by atoms with Crippen LogP contribution < -0.4 is 5.73 Å². The summed E-state index contributed by atoms with van der Waals surface area (Å²) in [6.45, 7) is 0.313. The van der Waals surface area contributed by atoms with Gasteiger partial charge >= 0.3 is 0 Å². The first-order valence-corrected chi connectivity index (χ1v) is 5.82. The average Bonchev–Trinajstić information content (AvgIpc) is 2.74. The second kappa shape index (κ2) is 4.30. The SMILES string of the molecule is NCC1(c2c(F)ccc(F)c2Cl)CCCC1. The summed E-state index contributed by atoms with van der Waals surface area (Å²) in [5.74, 6) is -1.02. The molecule has 0 amide bonds. The van der Waals surface area contributed by atoms with Gasteiger partial charge in [0.2, 0.25) is 0 Å². The van der Waals surface area contributed by atoms with E-state index in [0.29, 0.717) is 6.54 Å². The van der Waals surface area contributed by atoms with Crippen LogP contribution in [-0.2, 0) is 5.41 Å². The van der Waals surface area contributed by atoms with Gasteiger partial charge in [0, 0.05) is 17.5 Å². The minimum absolute atomic E-state index is 0.104. The van der Waals surface area contributed by atoms with Gasteiger partial charge < -0.3 is 5.73 Å². The van der Waals surface area contributed by atoms with E-state index in [0.717, 1.165) is 37.8 Å². The number of nitrogens with two attached hydrogens (primary N) is 1. The topological polar surface area (TPSA) is 26.0 Å². The van der Waals surface area contributed by atoms with Crippen molar-refractivity contribution in [1.29, 1.82) is 0 Å². The van der Waals surface area contributed by atoms with Crippen molar-refractivity contribution in [2.45, 2.75) is 31.1 Å². The Morgan fingerprint density at radius 3 is 2.31 bits per heavy atom. The maximum atomic E-state index is 13.8. The van der Waals surface area contributed by atoms with Gasteiger partial charge in [0.15, 0.2) is 0 Å². The van der Waals surface area contributed by atoms with E-state index in [4.69, 9.17) is 17.3 Å².